The topological polar surface area (TPSA) is 24.5 Å². The molecule has 0 amide bonds. The maximum atomic E-state index is 12.4. The van der Waals surface area contributed by atoms with Gasteiger partial charge in [-0.3, -0.25) is 4.90 Å². The molecule has 6 heteroatoms. The molecule has 1 fully saturated rings. The van der Waals surface area contributed by atoms with Crippen LogP contribution in [0.25, 0.3) is 0 Å². The van der Waals surface area contributed by atoms with Crippen molar-refractivity contribution in [3.63, 3.8) is 0 Å². The summed E-state index contributed by atoms with van der Waals surface area (Å²) in [6.45, 7) is 7.69. The van der Waals surface area contributed by atoms with Crippen LogP contribution in [0.3, 0.4) is 0 Å². The van der Waals surface area contributed by atoms with Crippen LogP contribution in [0.2, 0.25) is 0 Å². The van der Waals surface area contributed by atoms with E-state index in [1.54, 1.807) is 6.92 Å². The third-order valence-electron chi connectivity index (χ3n) is 3.43. The summed E-state index contributed by atoms with van der Waals surface area (Å²) in [4.78, 5) is 1.41. The Morgan fingerprint density at radius 3 is 2.45 bits per heavy atom. The minimum atomic E-state index is -4.13. The molecule has 1 N–H and O–H groups in total. The average molecular weight is 296 g/mol. The fraction of sp³-hybridized carbons (Fsp3) is 1.00. The van der Waals surface area contributed by atoms with Gasteiger partial charge < -0.3 is 10.1 Å². The smallest absolute Gasteiger partial charge is 0.372 e. The second-order valence-electron chi connectivity index (χ2n) is 5.95. The molecule has 1 saturated heterocycles. The molecule has 120 valence electrons. The highest BCUT2D eigenvalue weighted by Crippen LogP contribution is 2.22. The Morgan fingerprint density at radius 1 is 1.25 bits per heavy atom. The number of hydrogen-bond acceptors (Lipinski definition) is 3. The minimum absolute atomic E-state index is 0.0665. The molecule has 1 heterocycles. The van der Waals surface area contributed by atoms with Gasteiger partial charge in [0.25, 0.3) is 0 Å². The van der Waals surface area contributed by atoms with E-state index in [2.05, 4.69) is 19.2 Å². The van der Waals surface area contributed by atoms with Crippen LogP contribution in [0.5, 0.6) is 0 Å². The molecule has 0 aromatic heterocycles. The van der Waals surface area contributed by atoms with Crippen LogP contribution in [0, 0.1) is 5.92 Å². The zero-order valence-corrected chi connectivity index (χ0v) is 12.7. The summed E-state index contributed by atoms with van der Waals surface area (Å²) in [6.07, 6.45) is -2.28. The number of rotatable bonds is 8. The monoisotopic (exact) mass is 296 g/mol. The summed E-state index contributed by atoms with van der Waals surface area (Å²) in [7, 11) is 0. The SMILES string of the molecule is CCN(CC1CCC(CNCC(C)C)O1)CC(F)(F)F. The highest BCUT2D eigenvalue weighted by Gasteiger charge is 2.33. The number of halogens is 3. The molecule has 0 radical (unpaired) electrons. The Labute approximate surface area is 119 Å². The molecule has 0 aromatic carbocycles. The first-order valence-corrected chi connectivity index (χ1v) is 7.45. The van der Waals surface area contributed by atoms with E-state index in [1.807, 2.05) is 0 Å². The second kappa shape index (κ2) is 8.20. The van der Waals surface area contributed by atoms with E-state index >= 15 is 0 Å². The second-order valence-corrected chi connectivity index (χ2v) is 5.95. The van der Waals surface area contributed by atoms with Gasteiger partial charge >= 0.3 is 6.18 Å². The molecule has 2 unspecified atom stereocenters. The van der Waals surface area contributed by atoms with Gasteiger partial charge in [0.1, 0.15) is 0 Å². The molecule has 0 saturated carbocycles. The first kappa shape index (κ1) is 17.7. The quantitative estimate of drug-likeness (QED) is 0.745. The van der Waals surface area contributed by atoms with Crippen LogP contribution in [0.4, 0.5) is 13.2 Å². The zero-order valence-electron chi connectivity index (χ0n) is 12.7. The van der Waals surface area contributed by atoms with Gasteiger partial charge in [0.05, 0.1) is 18.8 Å². The van der Waals surface area contributed by atoms with Crippen molar-refractivity contribution in [3.8, 4) is 0 Å². The Morgan fingerprint density at radius 2 is 1.90 bits per heavy atom. The van der Waals surface area contributed by atoms with Crippen LogP contribution in [-0.4, -0.2) is 56.0 Å². The van der Waals surface area contributed by atoms with Crippen molar-refractivity contribution in [1.82, 2.24) is 10.2 Å². The number of likely N-dealkylation sites (N-methyl/N-ethyl adjacent to an activating group) is 1. The molecule has 20 heavy (non-hydrogen) atoms. The minimum Gasteiger partial charge on any atom is -0.372 e. The zero-order chi connectivity index (χ0) is 15.2. The van der Waals surface area contributed by atoms with E-state index in [1.165, 1.54) is 4.90 Å². The summed E-state index contributed by atoms with van der Waals surface area (Å²) >= 11 is 0. The lowest BCUT2D eigenvalue weighted by Crippen LogP contribution is -2.39. The summed E-state index contributed by atoms with van der Waals surface area (Å²) in [5.41, 5.74) is 0. The number of hydrogen-bond donors (Lipinski definition) is 1. The van der Waals surface area contributed by atoms with Gasteiger partial charge in [0.2, 0.25) is 0 Å². The van der Waals surface area contributed by atoms with Gasteiger partial charge in [0.15, 0.2) is 0 Å². The van der Waals surface area contributed by atoms with Gasteiger partial charge in [-0.15, -0.1) is 0 Å². The Bertz CT molecular complexity index is 272. The first-order valence-electron chi connectivity index (χ1n) is 7.45. The summed E-state index contributed by atoms with van der Waals surface area (Å²) < 4.78 is 43.0. The van der Waals surface area contributed by atoms with Crippen molar-refractivity contribution in [2.24, 2.45) is 5.92 Å². The molecule has 0 bridgehead atoms. The maximum Gasteiger partial charge on any atom is 0.401 e. The number of nitrogens with zero attached hydrogens (tertiary/aromatic N) is 1. The molecular formula is C14H27F3N2O. The van der Waals surface area contributed by atoms with Crippen LogP contribution >= 0.6 is 0 Å². The molecule has 1 rings (SSSR count). The van der Waals surface area contributed by atoms with E-state index in [-0.39, 0.29) is 12.2 Å². The van der Waals surface area contributed by atoms with Crippen LogP contribution in [0.1, 0.15) is 33.6 Å². The predicted octanol–water partition coefficient (Wildman–Crippen LogP) is 2.66. The number of nitrogens with one attached hydrogen (secondary N) is 1. The molecule has 2 atom stereocenters. The van der Waals surface area contributed by atoms with E-state index in [4.69, 9.17) is 4.74 Å². The van der Waals surface area contributed by atoms with Crippen LogP contribution < -0.4 is 5.32 Å². The normalized spacial score (nSPS) is 24.0. The molecular weight excluding hydrogens is 269 g/mol. The highest BCUT2D eigenvalue weighted by molar-refractivity contribution is 4.78. The first-order chi connectivity index (χ1) is 9.30. The average Bonchev–Trinajstić information content (AvgIpc) is 2.73. The van der Waals surface area contributed by atoms with Gasteiger partial charge in [-0.25, -0.2) is 0 Å². The Kier molecular flexibility index (Phi) is 7.26. The Hall–Kier alpha value is -0.330. The molecule has 0 aromatic rings. The van der Waals surface area contributed by atoms with Crippen molar-refractivity contribution >= 4 is 0 Å². The van der Waals surface area contributed by atoms with Crippen molar-refractivity contribution in [3.05, 3.63) is 0 Å². The van der Waals surface area contributed by atoms with E-state index in [0.29, 0.717) is 19.0 Å². The molecule has 0 aliphatic carbocycles. The van der Waals surface area contributed by atoms with Gasteiger partial charge in [-0.1, -0.05) is 20.8 Å². The Balaban J connectivity index is 2.25. The van der Waals surface area contributed by atoms with E-state index in [9.17, 15) is 13.2 Å². The summed E-state index contributed by atoms with van der Waals surface area (Å²) in [5, 5.41) is 3.33. The summed E-state index contributed by atoms with van der Waals surface area (Å²) in [6, 6.07) is 0. The molecule has 1 aliphatic heterocycles. The van der Waals surface area contributed by atoms with Crippen molar-refractivity contribution in [2.45, 2.75) is 52.0 Å². The predicted molar refractivity (Wildman–Crippen MR) is 73.8 cm³/mol. The van der Waals surface area contributed by atoms with Gasteiger partial charge in [-0.05, 0) is 31.8 Å². The standard InChI is InChI=1S/C14H27F3N2O/c1-4-19(10-14(15,16)17)9-13-6-5-12(20-13)8-18-7-11(2)3/h11-13,18H,4-10H2,1-3H3. The lowest BCUT2D eigenvalue weighted by molar-refractivity contribution is -0.148. The third-order valence-corrected chi connectivity index (χ3v) is 3.43. The third kappa shape index (κ3) is 7.45. The lowest BCUT2D eigenvalue weighted by Gasteiger charge is -2.25. The molecule has 1 aliphatic rings. The fourth-order valence-corrected chi connectivity index (χ4v) is 2.44. The van der Waals surface area contributed by atoms with Crippen molar-refractivity contribution < 1.29 is 17.9 Å². The van der Waals surface area contributed by atoms with Crippen molar-refractivity contribution in [2.75, 3.05) is 32.7 Å². The largest absolute Gasteiger partial charge is 0.401 e. The fourth-order valence-electron chi connectivity index (χ4n) is 2.44. The molecule has 0 spiro atoms. The van der Waals surface area contributed by atoms with Gasteiger partial charge in [-0.2, -0.15) is 13.2 Å². The van der Waals surface area contributed by atoms with E-state index in [0.717, 1.165) is 25.9 Å². The number of alkyl halides is 3. The number of ether oxygens (including phenoxy) is 1. The van der Waals surface area contributed by atoms with Gasteiger partial charge in [0, 0.05) is 13.1 Å². The van der Waals surface area contributed by atoms with Crippen LogP contribution in [-0.2, 0) is 4.74 Å². The maximum absolute atomic E-state index is 12.4. The lowest BCUT2D eigenvalue weighted by atomic mass is 10.1. The van der Waals surface area contributed by atoms with Crippen LogP contribution in [0.15, 0.2) is 0 Å². The highest BCUT2D eigenvalue weighted by atomic mass is 19.4. The summed E-state index contributed by atoms with van der Waals surface area (Å²) in [5.74, 6) is 0.592. The van der Waals surface area contributed by atoms with E-state index < -0.39 is 12.7 Å². The molecule has 3 nitrogen and oxygen atoms in total. The van der Waals surface area contributed by atoms with Crippen molar-refractivity contribution in [1.29, 1.82) is 0 Å².